The number of rotatable bonds is 7. The minimum absolute atomic E-state index is 0.0229. The van der Waals surface area contributed by atoms with Crippen LogP contribution in [0.1, 0.15) is 12.5 Å². The molecule has 0 saturated heterocycles. The van der Waals surface area contributed by atoms with Gasteiger partial charge >= 0.3 is 0 Å². The molecule has 4 heteroatoms. The maximum atomic E-state index is 11.9. The molecule has 0 saturated carbocycles. The largest absolute Gasteiger partial charge is 0.491 e. The first-order chi connectivity index (χ1) is 10.6. The average Bonchev–Trinajstić information content (AvgIpc) is 2.53. The highest BCUT2D eigenvalue weighted by molar-refractivity contribution is 8.00. The van der Waals surface area contributed by atoms with E-state index in [1.54, 1.807) is 0 Å². The number of nitrogens with one attached hydrogen (secondary N) is 1. The summed E-state index contributed by atoms with van der Waals surface area (Å²) in [6.07, 6.45) is 0. The third-order valence-corrected chi connectivity index (χ3v) is 4.11. The van der Waals surface area contributed by atoms with Crippen LogP contribution in [-0.4, -0.2) is 24.3 Å². The van der Waals surface area contributed by atoms with Crippen molar-refractivity contribution in [3.05, 3.63) is 60.2 Å². The van der Waals surface area contributed by atoms with E-state index in [1.165, 1.54) is 11.8 Å². The second kappa shape index (κ2) is 8.49. The van der Waals surface area contributed by atoms with Crippen molar-refractivity contribution >= 4 is 17.7 Å². The van der Waals surface area contributed by atoms with Gasteiger partial charge in [0.1, 0.15) is 12.4 Å². The van der Waals surface area contributed by atoms with Gasteiger partial charge < -0.3 is 10.1 Å². The van der Waals surface area contributed by atoms with Gasteiger partial charge in [0.05, 0.1) is 11.8 Å². The Kier molecular flexibility index (Phi) is 6.34. The molecule has 1 N–H and O–H groups in total. The molecule has 0 bridgehead atoms. The fraction of sp³-hybridized carbons (Fsp3) is 0.278. The van der Waals surface area contributed by atoms with Crippen LogP contribution in [-0.2, 0) is 4.79 Å². The summed E-state index contributed by atoms with van der Waals surface area (Å²) >= 11 is 1.53. The summed E-state index contributed by atoms with van der Waals surface area (Å²) in [5, 5.41) is 2.96. The number of hydrogen-bond donors (Lipinski definition) is 1. The van der Waals surface area contributed by atoms with E-state index in [0.29, 0.717) is 12.4 Å². The van der Waals surface area contributed by atoms with Crippen molar-refractivity contribution in [3.63, 3.8) is 0 Å². The van der Waals surface area contributed by atoms with Gasteiger partial charge in [0.15, 0.2) is 0 Å². The second-order valence-corrected chi connectivity index (χ2v) is 6.20. The predicted molar refractivity (Wildman–Crippen MR) is 91.4 cm³/mol. The van der Waals surface area contributed by atoms with E-state index < -0.39 is 0 Å². The minimum atomic E-state index is -0.0246. The third-order valence-electron chi connectivity index (χ3n) is 3.10. The lowest BCUT2D eigenvalue weighted by atomic mass is 10.2. The van der Waals surface area contributed by atoms with Gasteiger partial charge in [0, 0.05) is 4.90 Å². The Hall–Kier alpha value is -1.94. The van der Waals surface area contributed by atoms with E-state index in [2.05, 4.69) is 5.32 Å². The van der Waals surface area contributed by atoms with Crippen LogP contribution in [0.25, 0.3) is 0 Å². The normalized spacial score (nSPS) is 11.7. The molecule has 0 radical (unpaired) electrons. The quantitative estimate of drug-likeness (QED) is 0.792. The van der Waals surface area contributed by atoms with Crippen molar-refractivity contribution in [2.24, 2.45) is 0 Å². The number of amides is 1. The fourth-order valence-electron chi connectivity index (χ4n) is 1.96. The molecule has 116 valence electrons. The Bertz CT molecular complexity index is 601. The van der Waals surface area contributed by atoms with Crippen LogP contribution in [0.2, 0.25) is 0 Å². The van der Waals surface area contributed by atoms with E-state index in [9.17, 15) is 4.79 Å². The van der Waals surface area contributed by atoms with Gasteiger partial charge in [0.2, 0.25) is 5.91 Å². The first-order valence-corrected chi connectivity index (χ1v) is 8.29. The Morgan fingerprint density at radius 3 is 2.55 bits per heavy atom. The molecule has 2 rings (SSSR count). The SMILES string of the molecule is Cc1ccccc1OC[C@@H](C)NC(=O)CSc1ccccc1. The highest BCUT2D eigenvalue weighted by Gasteiger charge is 2.09. The van der Waals surface area contributed by atoms with E-state index in [0.717, 1.165) is 16.2 Å². The molecule has 2 aromatic carbocycles. The second-order valence-electron chi connectivity index (χ2n) is 5.15. The molecule has 0 fully saturated rings. The molecule has 1 atom stereocenters. The smallest absolute Gasteiger partial charge is 0.230 e. The first-order valence-electron chi connectivity index (χ1n) is 7.31. The standard InChI is InChI=1S/C18H21NO2S/c1-14-8-6-7-11-17(14)21-12-15(2)19-18(20)13-22-16-9-4-3-5-10-16/h3-11,15H,12-13H2,1-2H3,(H,19,20)/t15-/m1/s1. The Labute approximate surface area is 136 Å². The molecule has 0 spiro atoms. The zero-order valence-corrected chi connectivity index (χ0v) is 13.7. The van der Waals surface area contributed by atoms with Crippen molar-refractivity contribution in [1.82, 2.24) is 5.32 Å². The summed E-state index contributed by atoms with van der Waals surface area (Å²) in [5.74, 6) is 1.30. The number of hydrogen-bond acceptors (Lipinski definition) is 3. The zero-order valence-electron chi connectivity index (χ0n) is 12.9. The number of carbonyl (C=O) groups is 1. The van der Waals surface area contributed by atoms with Gasteiger partial charge in [-0.1, -0.05) is 36.4 Å². The van der Waals surface area contributed by atoms with Crippen LogP contribution in [0.15, 0.2) is 59.5 Å². The van der Waals surface area contributed by atoms with E-state index in [-0.39, 0.29) is 11.9 Å². The lowest BCUT2D eigenvalue weighted by Gasteiger charge is -2.16. The number of carbonyl (C=O) groups excluding carboxylic acids is 1. The molecule has 0 aromatic heterocycles. The summed E-state index contributed by atoms with van der Waals surface area (Å²) in [4.78, 5) is 13.0. The predicted octanol–water partition coefficient (Wildman–Crippen LogP) is 3.67. The topological polar surface area (TPSA) is 38.3 Å². The summed E-state index contributed by atoms with van der Waals surface area (Å²) < 4.78 is 5.74. The highest BCUT2D eigenvalue weighted by atomic mass is 32.2. The monoisotopic (exact) mass is 315 g/mol. The average molecular weight is 315 g/mol. The molecule has 0 aliphatic heterocycles. The minimum Gasteiger partial charge on any atom is -0.491 e. The lowest BCUT2D eigenvalue weighted by Crippen LogP contribution is -2.37. The summed E-state index contributed by atoms with van der Waals surface area (Å²) in [6.45, 7) is 4.42. The maximum absolute atomic E-state index is 11.9. The Morgan fingerprint density at radius 1 is 1.14 bits per heavy atom. The summed E-state index contributed by atoms with van der Waals surface area (Å²) in [5.41, 5.74) is 1.10. The van der Waals surface area contributed by atoms with Crippen LogP contribution in [0.4, 0.5) is 0 Å². The number of ether oxygens (including phenoxy) is 1. The van der Waals surface area contributed by atoms with Crippen LogP contribution in [0.3, 0.4) is 0 Å². The first kappa shape index (κ1) is 16.4. The molecule has 22 heavy (non-hydrogen) atoms. The van der Waals surface area contributed by atoms with Crippen molar-refractivity contribution in [2.75, 3.05) is 12.4 Å². The van der Waals surface area contributed by atoms with Gasteiger partial charge in [-0.2, -0.15) is 0 Å². The fourth-order valence-corrected chi connectivity index (χ4v) is 2.69. The third kappa shape index (κ3) is 5.45. The molecule has 0 unspecified atom stereocenters. The van der Waals surface area contributed by atoms with Gasteiger partial charge in [-0.15, -0.1) is 11.8 Å². The number of aryl methyl sites for hydroxylation is 1. The maximum Gasteiger partial charge on any atom is 0.230 e. The summed E-state index contributed by atoms with van der Waals surface area (Å²) in [6, 6.07) is 17.8. The number of para-hydroxylation sites is 1. The van der Waals surface area contributed by atoms with Gasteiger partial charge in [-0.25, -0.2) is 0 Å². The molecule has 1 amide bonds. The molecular weight excluding hydrogens is 294 g/mol. The van der Waals surface area contributed by atoms with Crippen molar-refractivity contribution in [1.29, 1.82) is 0 Å². The molecule has 0 aliphatic rings. The van der Waals surface area contributed by atoms with Gasteiger partial charge in [-0.05, 0) is 37.6 Å². The van der Waals surface area contributed by atoms with Crippen molar-refractivity contribution < 1.29 is 9.53 Å². The van der Waals surface area contributed by atoms with Crippen molar-refractivity contribution in [3.8, 4) is 5.75 Å². The molecule has 0 heterocycles. The molecule has 3 nitrogen and oxygen atoms in total. The van der Waals surface area contributed by atoms with E-state index >= 15 is 0 Å². The van der Waals surface area contributed by atoms with Crippen LogP contribution >= 0.6 is 11.8 Å². The van der Waals surface area contributed by atoms with Gasteiger partial charge in [-0.3, -0.25) is 4.79 Å². The van der Waals surface area contributed by atoms with E-state index in [1.807, 2.05) is 68.4 Å². The molecular formula is C18H21NO2S. The Balaban J connectivity index is 1.71. The van der Waals surface area contributed by atoms with Crippen LogP contribution < -0.4 is 10.1 Å². The highest BCUT2D eigenvalue weighted by Crippen LogP contribution is 2.17. The van der Waals surface area contributed by atoms with Crippen LogP contribution in [0.5, 0.6) is 5.75 Å². The number of benzene rings is 2. The number of thioether (sulfide) groups is 1. The zero-order chi connectivity index (χ0) is 15.8. The Morgan fingerprint density at radius 2 is 1.82 bits per heavy atom. The van der Waals surface area contributed by atoms with Gasteiger partial charge in [0.25, 0.3) is 0 Å². The molecule has 0 aliphatic carbocycles. The van der Waals surface area contributed by atoms with Crippen molar-refractivity contribution in [2.45, 2.75) is 24.8 Å². The van der Waals surface area contributed by atoms with E-state index in [4.69, 9.17) is 4.74 Å². The lowest BCUT2D eigenvalue weighted by molar-refractivity contribution is -0.119. The molecule has 2 aromatic rings. The summed E-state index contributed by atoms with van der Waals surface area (Å²) in [7, 11) is 0. The van der Waals surface area contributed by atoms with Crippen LogP contribution in [0, 0.1) is 6.92 Å².